The second kappa shape index (κ2) is 6.31. The van der Waals surface area contributed by atoms with E-state index in [2.05, 4.69) is 29.9 Å². The number of nitrogens with one attached hydrogen (secondary N) is 1. The van der Waals surface area contributed by atoms with Crippen molar-refractivity contribution in [1.82, 2.24) is 25.4 Å². The molecule has 0 saturated heterocycles. The van der Waals surface area contributed by atoms with Gasteiger partial charge in [-0.05, 0) is 12.8 Å². The maximum Gasteiger partial charge on any atom is 0.455 e. The number of amides is 1. The standard InChI is InChI=1S/C13H14F3N5O2/c1-6(2)10-8(4-17-7(3)19-10)11(22)18-5-9-20-12(21-23-9)13(14,15)16/h4,6H,5H2,1-3H3,(H,18,22). The molecule has 0 unspecified atom stereocenters. The summed E-state index contributed by atoms with van der Waals surface area (Å²) in [6.45, 7) is 5.11. The number of carbonyl (C=O) groups is 1. The van der Waals surface area contributed by atoms with E-state index in [4.69, 9.17) is 0 Å². The highest BCUT2D eigenvalue weighted by Gasteiger charge is 2.37. The largest absolute Gasteiger partial charge is 0.455 e. The highest BCUT2D eigenvalue weighted by molar-refractivity contribution is 5.95. The second-order valence-corrected chi connectivity index (χ2v) is 5.06. The van der Waals surface area contributed by atoms with Gasteiger partial charge in [-0.15, -0.1) is 0 Å². The molecule has 0 aliphatic rings. The molecule has 0 aliphatic heterocycles. The molecule has 0 spiro atoms. The van der Waals surface area contributed by atoms with E-state index in [9.17, 15) is 18.0 Å². The molecular formula is C13H14F3N5O2. The zero-order chi connectivity index (χ0) is 17.2. The first kappa shape index (κ1) is 16.8. The van der Waals surface area contributed by atoms with E-state index in [1.165, 1.54) is 6.20 Å². The lowest BCUT2D eigenvalue weighted by atomic mass is 10.0. The minimum Gasteiger partial charge on any atom is -0.343 e. The van der Waals surface area contributed by atoms with Gasteiger partial charge in [0.25, 0.3) is 11.7 Å². The van der Waals surface area contributed by atoms with Gasteiger partial charge in [0, 0.05) is 6.20 Å². The number of aryl methyl sites for hydroxylation is 1. The molecule has 10 heteroatoms. The first-order valence-corrected chi connectivity index (χ1v) is 6.70. The van der Waals surface area contributed by atoms with Crippen LogP contribution in [-0.2, 0) is 12.7 Å². The summed E-state index contributed by atoms with van der Waals surface area (Å²) in [4.78, 5) is 23.5. The lowest BCUT2D eigenvalue weighted by Crippen LogP contribution is -2.25. The fourth-order valence-electron chi connectivity index (χ4n) is 1.80. The average molecular weight is 329 g/mol. The van der Waals surface area contributed by atoms with Crippen molar-refractivity contribution in [3.05, 3.63) is 35.0 Å². The van der Waals surface area contributed by atoms with Crippen LogP contribution in [0.3, 0.4) is 0 Å². The minimum absolute atomic E-state index is 0.0160. The van der Waals surface area contributed by atoms with Crippen LogP contribution in [0.5, 0.6) is 0 Å². The van der Waals surface area contributed by atoms with Crippen molar-refractivity contribution in [3.63, 3.8) is 0 Å². The van der Waals surface area contributed by atoms with E-state index >= 15 is 0 Å². The molecule has 23 heavy (non-hydrogen) atoms. The molecule has 1 N–H and O–H groups in total. The van der Waals surface area contributed by atoms with Gasteiger partial charge >= 0.3 is 6.18 Å². The summed E-state index contributed by atoms with van der Waals surface area (Å²) in [6.07, 6.45) is -3.32. The Hall–Kier alpha value is -2.52. The molecule has 0 atom stereocenters. The predicted octanol–water partition coefficient (Wildman–Crippen LogP) is 2.24. The van der Waals surface area contributed by atoms with Crippen molar-refractivity contribution in [3.8, 4) is 0 Å². The average Bonchev–Trinajstić information content (AvgIpc) is 2.93. The highest BCUT2D eigenvalue weighted by Crippen LogP contribution is 2.26. The fraction of sp³-hybridized carbons (Fsp3) is 0.462. The topological polar surface area (TPSA) is 93.8 Å². The third-order valence-electron chi connectivity index (χ3n) is 2.85. The Labute approximate surface area is 129 Å². The number of hydrogen-bond acceptors (Lipinski definition) is 6. The summed E-state index contributed by atoms with van der Waals surface area (Å²) in [5.74, 6) is -1.75. The van der Waals surface area contributed by atoms with Crippen LogP contribution in [0, 0.1) is 6.92 Å². The Morgan fingerprint density at radius 2 is 2.04 bits per heavy atom. The molecule has 2 aromatic heterocycles. The SMILES string of the molecule is Cc1ncc(C(=O)NCc2nc(C(F)(F)F)no2)c(C(C)C)n1. The van der Waals surface area contributed by atoms with Gasteiger partial charge in [0.1, 0.15) is 5.82 Å². The molecule has 1 amide bonds. The number of halogens is 3. The van der Waals surface area contributed by atoms with Crippen LogP contribution in [-0.4, -0.2) is 26.0 Å². The van der Waals surface area contributed by atoms with Crippen LogP contribution < -0.4 is 5.32 Å². The van der Waals surface area contributed by atoms with Gasteiger partial charge in [-0.3, -0.25) is 4.79 Å². The van der Waals surface area contributed by atoms with E-state index in [0.29, 0.717) is 11.5 Å². The highest BCUT2D eigenvalue weighted by atomic mass is 19.4. The van der Waals surface area contributed by atoms with Gasteiger partial charge in [0.15, 0.2) is 0 Å². The Bertz CT molecular complexity index is 712. The zero-order valence-electron chi connectivity index (χ0n) is 12.6. The van der Waals surface area contributed by atoms with Crippen molar-refractivity contribution >= 4 is 5.91 Å². The number of hydrogen-bond donors (Lipinski definition) is 1. The van der Waals surface area contributed by atoms with Crippen LogP contribution in [0.4, 0.5) is 13.2 Å². The quantitative estimate of drug-likeness (QED) is 0.924. The van der Waals surface area contributed by atoms with Gasteiger partial charge in [0.05, 0.1) is 17.8 Å². The molecule has 0 bridgehead atoms. The van der Waals surface area contributed by atoms with Crippen LogP contribution in [0.1, 0.15) is 53.4 Å². The van der Waals surface area contributed by atoms with Crippen LogP contribution in [0.2, 0.25) is 0 Å². The molecule has 2 aromatic rings. The third-order valence-corrected chi connectivity index (χ3v) is 2.85. The molecule has 0 saturated carbocycles. The van der Waals surface area contributed by atoms with E-state index in [1.807, 2.05) is 13.8 Å². The van der Waals surface area contributed by atoms with Crippen LogP contribution in [0.15, 0.2) is 10.7 Å². The molecule has 0 aliphatic carbocycles. The molecule has 124 valence electrons. The summed E-state index contributed by atoms with van der Waals surface area (Å²) in [5, 5.41) is 5.22. The normalized spacial score (nSPS) is 11.8. The second-order valence-electron chi connectivity index (χ2n) is 5.06. The van der Waals surface area contributed by atoms with Crippen molar-refractivity contribution in [2.24, 2.45) is 0 Å². The summed E-state index contributed by atoms with van der Waals surface area (Å²) >= 11 is 0. The number of nitrogens with zero attached hydrogens (tertiary/aromatic N) is 4. The predicted molar refractivity (Wildman–Crippen MR) is 71.3 cm³/mol. The number of rotatable bonds is 4. The van der Waals surface area contributed by atoms with Crippen molar-refractivity contribution in [2.45, 2.75) is 39.4 Å². The van der Waals surface area contributed by atoms with E-state index in [0.717, 1.165) is 0 Å². The van der Waals surface area contributed by atoms with Gasteiger partial charge in [-0.25, -0.2) is 9.97 Å². The lowest BCUT2D eigenvalue weighted by Gasteiger charge is -2.11. The van der Waals surface area contributed by atoms with Gasteiger partial charge in [-0.1, -0.05) is 19.0 Å². The van der Waals surface area contributed by atoms with Crippen molar-refractivity contribution in [1.29, 1.82) is 0 Å². The summed E-state index contributed by atoms with van der Waals surface area (Å²) in [6, 6.07) is 0. The molecule has 7 nitrogen and oxygen atoms in total. The van der Waals surface area contributed by atoms with Gasteiger partial charge < -0.3 is 9.84 Å². The molecule has 0 fully saturated rings. The van der Waals surface area contributed by atoms with Gasteiger partial charge in [0.2, 0.25) is 5.89 Å². The minimum atomic E-state index is -4.69. The first-order chi connectivity index (χ1) is 10.7. The van der Waals surface area contributed by atoms with Crippen molar-refractivity contribution in [2.75, 3.05) is 0 Å². The number of aromatic nitrogens is 4. The third kappa shape index (κ3) is 4.02. The molecule has 0 aromatic carbocycles. The molecule has 2 heterocycles. The van der Waals surface area contributed by atoms with Crippen LogP contribution in [0.25, 0.3) is 0 Å². The van der Waals surface area contributed by atoms with Gasteiger partial charge in [-0.2, -0.15) is 18.2 Å². The smallest absolute Gasteiger partial charge is 0.343 e. The van der Waals surface area contributed by atoms with E-state index < -0.39 is 17.9 Å². The van der Waals surface area contributed by atoms with Crippen molar-refractivity contribution < 1.29 is 22.5 Å². The lowest BCUT2D eigenvalue weighted by molar-refractivity contribution is -0.146. The zero-order valence-corrected chi connectivity index (χ0v) is 12.6. The Morgan fingerprint density at radius 3 is 2.61 bits per heavy atom. The summed E-state index contributed by atoms with van der Waals surface area (Å²) < 4.78 is 41.5. The molecular weight excluding hydrogens is 315 g/mol. The van der Waals surface area contributed by atoms with Crippen LogP contribution >= 0.6 is 0 Å². The first-order valence-electron chi connectivity index (χ1n) is 6.70. The van der Waals surface area contributed by atoms with E-state index in [-0.39, 0.29) is 23.9 Å². The Kier molecular flexibility index (Phi) is 4.62. The van der Waals surface area contributed by atoms with E-state index in [1.54, 1.807) is 6.92 Å². The number of alkyl halides is 3. The Balaban J connectivity index is 2.10. The summed E-state index contributed by atoms with van der Waals surface area (Å²) in [7, 11) is 0. The monoisotopic (exact) mass is 329 g/mol. The molecule has 0 radical (unpaired) electrons. The maximum atomic E-state index is 12.4. The molecule has 2 rings (SSSR count). The summed E-state index contributed by atoms with van der Waals surface area (Å²) in [5.41, 5.74) is 0.803. The maximum absolute atomic E-state index is 12.4. The Morgan fingerprint density at radius 1 is 1.35 bits per heavy atom. The fourth-order valence-corrected chi connectivity index (χ4v) is 1.80. The number of carbonyl (C=O) groups excluding carboxylic acids is 1.